The summed E-state index contributed by atoms with van der Waals surface area (Å²) in [5.41, 5.74) is 8.00. The van der Waals surface area contributed by atoms with Crippen LogP contribution < -0.4 is 23.6 Å². The van der Waals surface area contributed by atoms with E-state index in [4.69, 9.17) is 28.9 Å². The highest BCUT2D eigenvalue weighted by Gasteiger charge is 2.74. The molecule has 0 unspecified atom stereocenters. The van der Waals surface area contributed by atoms with Gasteiger partial charge in [0.2, 0.25) is 0 Å². The molecule has 0 heterocycles. The maximum Gasteiger partial charge on any atom is 0.341 e. The van der Waals surface area contributed by atoms with Crippen molar-refractivity contribution in [1.29, 1.82) is 0 Å². The predicted molar refractivity (Wildman–Crippen MR) is 259 cm³/mol. The van der Waals surface area contributed by atoms with Crippen LogP contribution in [0.4, 0.5) is 0 Å². The summed E-state index contributed by atoms with van der Waals surface area (Å²) >= 11 is 0. The van der Waals surface area contributed by atoms with Crippen molar-refractivity contribution in [2.75, 3.05) is 28.4 Å². The summed E-state index contributed by atoms with van der Waals surface area (Å²) in [5.74, 6) is 3.01. The molecule has 0 aromatic heterocycles. The third-order valence-electron chi connectivity index (χ3n) is 12.6. The first-order valence-corrected chi connectivity index (χ1v) is 21.5. The smallest absolute Gasteiger partial charge is 0.341 e. The summed E-state index contributed by atoms with van der Waals surface area (Å²) in [5, 5.41) is 6.29. The molecule has 8 aromatic rings. The molecule has 0 saturated heterocycles. The van der Waals surface area contributed by atoms with E-state index in [2.05, 4.69) is 158 Å². The van der Waals surface area contributed by atoms with Crippen LogP contribution in [0.3, 0.4) is 0 Å². The molecule has 1 fully saturated rings. The molecule has 0 bridgehead atoms. The SMILES string of the molecule is COc1ccc(C2(c3ccc(OC)cc3)C(=[N+]=C(c3ccccc3)c3ccccc3)C(c3ccc(OC)cc3)(c3ccc(OC)cc3)C2[N-]C(c2ccccc2)c2ccccc2)cc1. The molecule has 0 N–H and O–H groups in total. The average Bonchev–Trinajstić information content (AvgIpc) is 3.38. The van der Waals surface area contributed by atoms with Gasteiger partial charge in [0, 0.05) is 0 Å². The van der Waals surface area contributed by atoms with Gasteiger partial charge < -0.3 is 24.3 Å². The summed E-state index contributed by atoms with van der Waals surface area (Å²) in [6.07, 6.45) is 0. The van der Waals surface area contributed by atoms with Gasteiger partial charge in [-0.05, 0) is 95.1 Å². The van der Waals surface area contributed by atoms with Crippen LogP contribution in [0.15, 0.2) is 218 Å². The minimum Gasteiger partial charge on any atom is -0.646 e. The Morgan fingerprint density at radius 2 is 0.672 bits per heavy atom. The lowest BCUT2D eigenvalue weighted by Crippen LogP contribution is -2.76. The van der Waals surface area contributed by atoms with Crippen molar-refractivity contribution >= 4 is 11.4 Å². The zero-order chi connectivity index (χ0) is 43.9. The van der Waals surface area contributed by atoms with Crippen molar-refractivity contribution in [3.8, 4) is 23.0 Å². The van der Waals surface area contributed by atoms with Gasteiger partial charge in [0.25, 0.3) is 0 Å². The minimum absolute atomic E-state index is 0.368. The van der Waals surface area contributed by atoms with E-state index in [1.54, 1.807) is 28.4 Å². The van der Waals surface area contributed by atoms with Crippen molar-refractivity contribution < 1.29 is 18.9 Å². The molecule has 6 heteroatoms. The maximum atomic E-state index is 6.29. The summed E-state index contributed by atoms with van der Waals surface area (Å²) < 4.78 is 29.4. The molecule has 0 aliphatic heterocycles. The van der Waals surface area contributed by atoms with Crippen molar-refractivity contribution in [3.63, 3.8) is 0 Å². The lowest BCUT2D eigenvalue weighted by Gasteiger charge is -2.66. The molecule has 0 radical (unpaired) electrons. The fourth-order valence-corrected chi connectivity index (χ4v) is 9.53. The van der Waals surface area contributed by atoms with Crippen LogP contribution in [0.25, 0.3) is 5.32 Å². The molecule has 0 spiro atoms. The van der Waals surface area contributed by atoms with Gasteiger partial charge in [0.1, 0.15) is 33.8 Å². The molecule has 6 nitrogen and oxygen atoms in total. The summed E-state index contributed by atoms with van der Waals surface area (Å²) in [6.45, 7) is 0. The second kappa shape index (κ2) is 18.4. The molecule has 0 amide bonds. The van der Waals surface area contributed by atoms with Crippen molar-refractivity contribution in [1.82, 2.24) is 4.67 Å². The normalized spacial score (nSPS) is 14.8. The second-order valence-corrected chi connectivity index (χ2v) is 15.8. The molecule has 1 aliphatic carbocycles. The van der Waals surface area contributed by atoms with E-state index in [0.29, 0.717) is 0 Å². The highest BCUT2D eigenvalue weighted by atomic mass is 16.5. The lowest BCUT2D eigenvalue weighted by molar-refractivity contribution is 0.346. The summed E-state index contributed by atoms with van der Waals surface area (Å²) in [6, 6.07) is 75.0. The Morgan fingerprint density at radius 3 is 0.953 bits per heavy atom. The quantitative estimate of drug-likeness (QED) is 0.0808. The van der Waals surface area contributed by atoms with E-state index in [-0.39, 0.29) is 6.04 Å². The Kier molecular flexibility index (Phi) is 12.0. The number of methoxy groups -OCH3 is 4. The first kappa shape index (κ1) is 41.7. The first-order chi connectivity index (χ1) is 31.5. The van der Waals surface area contributed by atoms with Crippen LogP contribution in [0.2, 0.25) is 0 Å². The van der Waals surface area contributed by atoms with E-state index in [1.165, 1.54) is 0 Å². The molecule has 9 rings (SSSR count). The fourth-order valence-electron chi connectivity index (χ4n) is 9.53. The monoisotopic (exact) mass is 838 g/mol. The second-order valence-electron chi connectivity index (χ2n) is 15.8. The predicted octanol–water partition coefficient (Wildman–Crippen LogP) is 11.6. The highest BCUT2D eigenvalue weighted by molar-refractivity contribution is 6.22. The van der Waals surface area contributed by atoms with Gasteiger partial charge in [0.15, 0.2) is 0 Å². The molecule has 64 heavy (non-hydrogen) atoms. The van der Waals surface area contributed by atoms with Gasteiger partial charge in [-0.25, -0.2) is 0 Å². The van der Waals surface area contributed by atoms with Crippen LogP contribution in [0, 0.1) is 0 Å². The Hall–Kier alpha value is -7.63. The van der Waals surface area contributed by atoms with E-state index in [0.717, 1.165) is 78.9 Å². The molecule has 1 aliphatic rings. The van der Waals surface area contributed by atoms with Crippen LogP contribution in [0.1, 0.15) is 50.5 Å². The molecule has 316 valence electrons. The van der Waals surface area contributed by atoms with Crippen LogP contribution >= 0.6 is 0 Å². The molecule has 0 atom stereocenters. The number of hydrogen-bond donors (Lipinski definition) is 0. The standard InChI is InChI=1S/C58H50N2O4/c1-61-49-33-25-45(26-34-49)57(46-27-35-50(62-2)36-28-46)55(59-53(41-17-9-5-10-18-41)42-19-11-6-12-20-42)58(47-29-37-51(63-3)38-30-47,48-31-39-52(64-4)40-32-48)56(57)60-54(43-21-13-7-14-22-43)44-23-15-8-16-24-44/h5-40,53,55H,1-4H3. The summed E-state index contributed by atoms with van der Waals surface area (Å²) in [7, 11) is 6.80. The third-order valence-corrected chi connectivity index (χ3v) is 12.6. The largest absolute Gasteiger partial charge is 0.646 e. The number of nitrogens with zero attached hydrogens (tertiary/aromatic N) is 2. The van der Waals surface area contributed by atoms with Gasteiger partial charge in [-0.15, -0.1) is 0 Å². The van der Waals surface area contributed by atoms with E-state index in [1.807, 2.05) is 60.7 Å². The molecule has 8 aromatic carbocycles. The Morgan fingerprint density at radius 1 is 0.391 bits per heavy atom. The van der Waals surface area contributed by atoms with Crippen LogP contribution in [-0.2, 0) is 10.8 Å². The van der Waals surface area contributed by atoms with Crippen LogP contribution in [0.5, 0.6) is 23.0 Å². The Bertz CT molecular complexity index is 2560. The van der Waals surface area contributed by atoms with Gasteiger partial charge >= 0.3 is 11.4 Å². The Labute approximate surface area is 376 Å². The Balaban J connectivity index is 1.51. The first-order valence-electron chi connectivity index (χ1n) is 21.5. The van der Waals surface area contributed by atoms with Gasteiger partial charge in [-0.2, -0.15) is 0 Å². The number of hydrogen-bond acceptors (Lipinski definition) is 4. The minimum atomic E-state index is -0.977. The highest BCUT2D eigenvalue weighted by Crippen LogP contribution is 2.64. The van der Waals surface area contributed by atoms with Gasteiger partial charge in [-0.3, -0.25) is 0 Å². The van der Waals surface area contributed by atoms with Crippen molar-refractivity contribution in [2.45, 2.75) is 22.9 Å². The zero-order valence-electron chi connectivity index (χ0n) is 36.5. The molecule has 1 saturated carbocycles. The van der Waals surface area contributed by atoms with Gasteiger partial charge in [-0.1, -0.05) is 173 Å². The van der Waals surface area contributed by atoms with E-state index in [9.17, 15) is 0 Å². The van der Waals surface area contributed by atoms with Crippen LogP contribution in [-0.4, -0.2) is 45.9 Å². The zero-order valence-corrected chi connectivity index (χ0v) is 36.5. The number of rotatable bonds is 14. The third kappa shape index (κ3) is 7.43. The topological polar surface area (TPSA) is 65.1 Å². The summed E-state index contributed by atoms with van der Waals surface area (Å²) in [4.78, 5) is 0. The molecular formula is C58H50N2O4. The maximum absolute atomic E-state index is 6.29. The van der Waals surface area contributed by atoms with E-state index >= 15 is 0 Å². The van der Waals surface area contributed by atoms with Crippen molar-refractivity contribution in [3.05, 3.63) is 268 Å². The van der Waals surface area contributed by atoms with Gasteiger partial charge in [0.05, 0.1) is 39.6 Å². The van der Waals surface area contributed by atoms with E-state index < -0.39 is 16.9 Å². The average molecular weight is 839 g/mol. The molecular weight excluding hydrogens is 789 g/mol. The number of benzene rings is 8. The van der Waals surface area contributed by atoms with Crippen molar-refractivity contribution in [2.24, 2.45) is 0 Å². The fraction of sp³-hybridized carbons (Fsp3) is 0.138. The lowest BCUT2D eigenvalue weighted by atomic mass is 9.39. The number of ether oxygens (including phenoxy) is 4.